The Bertz CT molecular complexity index is 988. The first-order chi connectivity index (χ1) is 13.3. The van der Waals surface area contributed by atoms with E-state index >= 15 is 0 Å². The number of hydrogen-bond donors (Lipinski definition) is 1. The van der Waals surface area contributed by atoms with Crippen LogP contribution < -0.4 is 5.32 Å². The SMILES string of the molecule is Cc1nn(-c2ccccc2)c(C)c1CN(C)CC(=O)Nc1ccc(Cl)cc1F. The molecule has 0 aliphatic carbocycles. The van der Waals surface area contributed by atoms with Crippen LogP contribution in [0.5, 0.6) is 0 Å². The van der Waals surface area contributed by atoms with Gasteiger partial charge in [0.25, 0.3) is 0 Å². The Kier molecular flexibility index (Phi) is 6.11. The van der Waals surface area contributed by atoms with Gasteiger partial charge in [-0.05, 0) is 51.2 Å². The number of likely N-dealkylation sites (N-methyl/N-ethyl adjacent to an activating group) is 1. The highest BCUT2D eigenvalue weighted by molar-refractivity contribution is 6.30. The molecule has 5 nitrogen and oxygen atoms in total. The summed E-state index contributed by atoms with van der Waals surface area (Å²) in [6, 6.07) is 14.1. The van der Waals surface area contributed by atoms with E-state index in [0.717, 1.165) is 22.6 Å². The standard InChI is InChI=1S/C21H22ClFN4O/c1-14-18(15(2)27(25-14)17-7-5-4-6-8-17)12-26(3)13-21(28)24-20-10-9-16(22)11-19(20)23/h4-11H,12-13H2,1-3H3,(H,24,28). The Hall–Kier alpha value is -2.70. The highest BCUT2D eigenvalue weighted by Crippen LogP contribution is 2.20. The summed E-state index contributed by atoms with van der Waals surface area (Å²) in [7, 11) is 1.84. The van der Waals surface area contributed by atoms with Crippen LogP contribution >= 0.6 is 11.6 Å². The largest absolute Gasteiger partial charge is 0.322 e. The number of nitrogens with one attached hydrogen (secondary N) is 1. The van der Waals surface area contributed by atoms with Crippen LogP contribution in [0.15, 0.2) is 48.5 Å². The second kappa shape index (κ2) is 8.54. The van der Waals surface area contributed by atoms with Gasteiger partial charge in [0.2, 0.25) is 5.91 Å². The molecular formula is C21H22ClFN4O. The first-order valence-corrected chi connectivity index (χ1v) is 9.27. The molecule has 3 aromatic rings. The van der Waals surface area contributed by atoms with Gasteiger partial charge in [0, 0.05) is 22.8 Å². The highest BCUT2D eigenvalue weighted by atomic mass is 35.5. The maximum atomic E-state index is 13.8. The van der Waals surface area contributed by atoms with Gasteiger partial charge in [-0.15, -0.1) is 0 Å². The maximum absolute atomic E-state index is 13.8. The Morgan fingerprint density at radius 1 is 1.21 bits per heavy atom. The number of para-hydroxylation sites is 1. The number of amides is 1. The summed E-state index contributed by atoms with van der Waals surface area (Å²) in [5, 5.41) is 7.49. The van der Waals surface area contributed by atoms with Gasteiger partial charge in [0.1, 0.15) is 5.82 Å². The maximum Gasteiger partial charge on any atom is 0.238 e. The zero-order valence-electron chi connectivity index (χ0n) is 16.0. The van der Waals surface area contributed by atoms with Crippen molar-refractivity contribution in [2.24, 2.45) is 0 Å². The number of carbonyl (C=O) groups is 1. The summed E-state index contributed by atoms with van der Waals surface area (Å²) < 4.78 is 15.7. The van der Waals surface area contributed by atoms with Crippen LogP contribution in [0.4, 0.5) is 10.1 Å². The molecule has 3 rings (SSSR count). The van der Waals surface area contributed by atoms with E-state index in [1.165, 1.54) is 18.2 Å². The molecule has 7 heteroatoms. The van der Waals surface area contributed by atoms with Crippen molar-refractivity contribution in [2.75, 3.05) is 18.9 Å². The fraction of sp³-hybridized carbons (Fsp3) is 0.238. The molecule has 1 heterocycles. The van der Waals surface area contributed by atoms with Gasteiger partial charge >= 0.3 is 0 Å². The lowest BCUT2D eigenvalue weighted by atomic mass is 10.2. The van der Waals surface area contributed by atoms with Crippen LogP contribution in [-0.4, -0.2) is 34.2 Å². The van der Waals surface area contributed by atoms with Crippen LogP contribution in [0.3, 0.4) is 0 Å². The van der Waals surface area contributed by atoms with Gasteiger partial charge in [-0.1, -0.05) is 29.8 Å². The molecule has 2 aromatic carbocycles. The molecule has 0 atom stereocenters. The number of nitrogens with zero attached hydrogens (tertiary/aromatic N) is 3. The average Bonchev–Trinajstić information content (AvgIpc) is 2.93. The zero-order chi connectivity index (χ0) is 20.3. The summed E-state index contributed by atoms with van der Waals surface area (Å²) in [5.41, 5.74) is 4.12. The monoisotopic (exact) mass is 400 g/mol. The van der Waals surface area contributed by atoms with Crippen molar-refractivity contribution < 1.29 is 9.18 Å². The van der Waals surface area contributed by atoms with Crippen LogP contribution in [-0.2, 0) is 11.3 Å². The molecule has 1 amide bonds. The molecule has 0 fully saturated rings. The molecule has 0 aliphatic heterocycles. The number of carbonyl (C=O) groups excluding carboxylic acids is 1. The van der Waals surface area contributed by atoms with Crippen molar-refractivity contribution >= 4 is 23.2 Å². The number of aryl methyl sites for hydroxylation is 1. The molecule has 0 radical (unpaired) electrons. The second-order valence-electron chi connectivity index (χ2n) is 6.74. The van der Waals surface area contributed by atoms with E-state index in [1.54, 1.807) is 0 Å². The number of anilines is 1. The lowest BCUT2D eigenvalue weighted by Gasteiger charge is -2.17. The van der Waals surface area contributed by atoms with Crippen molar-refractivity contribution in [3.8, 4) is 5.69 Å². The van der Waals surface area contributed by atoms with E-state index in [-0.39, 0.29) is 23.2 Å². The summed E-state index contributed by atoms with van der Waals surface area (Å²) in [4.78, 5) is 14.1. The molecule has 0 spiro atoms. The predicted molar refractivity (Wildman–Crippen MR) is 109 cm³/mol. The minimum atomic E-state index is -0.556. The van der Waals surface area contributed by atoms with Gasteiger partial charge in [0.05, 0.1) is 23.6 Å². The van der Waals surface area contributed by atoms with Crippen LogP contribution in [0, 0.1) is 19.7 Å². The van der Waals surface area contributed by atoms with E-state index in [1.807, 2.05) is 60.8 Å². The lowest BCUT2D eigenvalue weighted by Crippen LogP contribution is -2.30. The smallest absolute Gasteiger partial charge is 0.238 e. The quantitative estimate of drug-likeness (QED) is 0.669. The normalized spacial score (nSPS) is 11.1. The topological polar surface area (TPSA) is 50.2 Å². The van der Waals surface area contributed by atoms with Gasteiger partial charge in [0.15, 0.2) is 0 Å². The fourth-order valence-corrected chi connectivity index (χ4v) is 3.23. The van der Waals surface area contributed by atoms with Crippen LogP contribution in [0.25, 0.3) is 5.69 Å². The highest BCUT2D eigenvalue weighted by Gasteiger charge is 2.16. The first kappa shape index (κ1) is 20.0. The summed E-state index contributed by atoms with van der Waals surface area (Å²) in [5.74, 6) is -0.853. The minimum absolute atomic E-state index is 0.118. The number of halogens is 2. The Balaban J connectivity index is 1.67. The molecule has 146 valence electrons. The van der Waals surface area contributed by atoms with Crippen molar-refractivity contribution in [3.63, 3.8) is 0 Å². The number of aromatic nitrogens is 2. The number of hydrogen-bond acceptors (Lipinski definition) is 3. The third-order valence-electron chi connectivity index (χ3n) is 4.49. The third kappa shape index (κ3) is 4.58. The van der Waals surface area contributed by atoms with E-state index in [0.29, 0.717) is 6.54 Å². The van der Waals surface area contributed by atoms with Gasteiger partial charge in [-0.2, -0.15) is 5.10 Å². The van der Waals surface area contributed by atoms with E-state index in [9.17, 15) is 9.18 Å². The summed E-state index contributed by atoms with van der Waals surface area (Å²) in [6.45, 7) is 4.65. The molecule has 0 saturated heterocycles. The molecule has 1 N–H and O–H groups in total. The van der Waals surface area contributed by atoms with Crippen molar-refractivity contribution in [1.82, 2.24) is 14.7 Å². The molecule has 0 bridgehead atoms. The molecule has 0 unspecified atom stereocenters. The average molecular weight is 401 g/mol. The molecule has 28 heavy (non-hydrogen) atoms. The molecular weight excluding hydrogens is 379 g/mol. The van der Waals surface area contributed by atoms with E-state index in [2.05, 4.69) is 10.4 Å². The lowest BCUT2D eigenvalue weighted by molar-refractivity contribution is -0.117. The summed E-state index contributed by atoms with van der Waals surface area (Å²) >= 11 is 5.74. The first-order valence-electron chi connectivity index (χ1n) is 8.89. The minimum Gasteiger partial charge on any atom is -0.322 e. The number of rotatable bonds is 6. The van der Waals surface area contributed by atoms with Crippen molar-refractivity contribution in [2.45, 2.75) is 20.4 Å². The van der Waals surface area contributed by atoms with Gasteiger partial charge in [-0.25, -0.2) is 9.07 Å². The van der Waals surface area contributed by atoms with E-state index < -0.39 is 5.82 Å². The van der Waals surface area contributed by atoms with Gasteiger partial charge in [-0.3, -0.25) is 9.69 Å². The fourth-order valence-electron chi connectivity index (χ4n) is 3.08. The molecule has 0 aliphatic rings. The zero-order valence-corrected chi connectivity index (χ0v) is 16.8. The Morgan fingerprint density at radius 3 is 2.61 bits per heavy atom. The van der Waals surface area contributed by atoms with Crippen LogP contribution in [0.2, 0.25) is 5.02 Å². The Morgan fingerprint density at radius 2 is 1.93 bits per heavy atom. The molecule has 0 saturated carbocycles. The second-order valence-corrected chi connectivity index (χ2v) is 7.18. The Labute approximate surface area is 168 Å². The third-order valence-corrected chi connectivity index (χ3v) is 4.72. The van der Waals surface area contributed by atoms with Gasteiger partial charge < -0.3 is 5.32 Å². The predicted octanol–water partition coefficient (Wildman–Crippen LogP) is 4.35. The number of benzene rings is 2. The molecule has 1 aromatic heterocycles. The van der Waals surface area contributed by atoms with Crippen molar-refractivity contribution in [3.05, 3.63) is 76.3 Å². The van der Waals surface area contributed by atoms with Crippen LogP contribution in [0.1, 0.15) is 17.0 Å². The summed E-state index contributed by atoms with van der Waals surface area (Å²) in [6.07, 6.45) is 0. The van der Waals surface area contributed by atoms with E-state index in [4.69, 9.17) is 11.6 Å². The van der Waals surface area contributed by atoms with Crippen molar-refractivity contribution in [1.29, 1.82) is 0 Å².